The first-order valence-electron chi connectivity index (χ1n) is 9.37. The molecule has 2 aromatic carbocycles. The fraction of sp³-hybridized carbons (Fsp3) is 0.364. The largest absolute Gasteiger partial charge is 0.444 e. The number of hydrogen-bond acceptors (Lipinski definition) is 3. The molecule has 6 heteroatoms. The van der Waals surface area contributed by atoms with Crippen LogP contribution in [0.1, 0.15) is 49.5 Å². The molecule has 1 N–H and O–H groups in total. The molecule has 0 saturated heterocycles. The summed E-state index contributed by atoms with van der Waals surface area (Å²) in [5.74, 6) is -0.500. The predicted molar refractivity (Wildman–Crippen MR) is 106 cm³/mol. The number of benzene rings is 2. The summed E-state index contributed by atoms with van der Waals surface area (Å²) in [6.45, 7) is 5.56. The number of amides is 2. The minimum atomic E-state index is -0.611. The Labute approximate surface area is 164 Å². The maximum atomic E-state index is 14.0. The topological polar surface area (TPSA) is 58.6 Å². The fourth-order valence-electron chi connectivity index (χ4n) is 2.88. The van der Waals surface area contributed by atoms with Gasteiger partial charge in [-0.05, 0) is 57.9 Å². The van der Waals surface area contributed by atoms with Crippen LogP contribution in [0.2, 0.25) is 0 Å². The summed E-state index contributed by atoms with van der Waals surface area (Å²) in [4.78, 5) is 26.7. The molecule has 0 unspecified atom stereocenters. The Morgan fingerprint density at radius 3 is 2.50 bits per heavy atom. The number of rotatable bonds is 5. The van der Waals surface area contributed by atoms with Crippen molar-refractivity contribution >= 4 is 17.7 Å². The number of carbonyl (C=O) groups excluding carboxylic acids is 2. The van der Waals surface area contributed by atoms with Crippen molar-refractivity contribution in [2.45, 2.75) is 51.8 Å². The van der Waals surface area contributed by atoms with E-state index in [1.165, 1.54) is 6.07 Å². The van der Waals surface area contributed by atoms with Crippen molar-refractivity contribution in [2.24, 2.45) is 0 Å². The van der Waals surface area contributed by atoms with Gasteiger partial charge in [0.2, 0.25) is 0 Å². The number of carbonyl (C=O) groups is 2. The van der Waals surface area contributed by atoms with E-state index >= 15 is 0 Å². The number of ether oxygens (including phenoxy) is 1. The van der Waals surface area contributed by atoms with Crippen LogP contribution in [0.25, 0.3) is 0 Å². The molecule has 0 heterocycles. The molecule has 0 aromatic heterocycles. The van der Waals surface area contributed by atoms with Gasteiger partial charge in [-0.2, -0.15) is 0 Å². The Balaban J connectivity index is 1.75. The Bertz CT molecular complexity index is 872. The van der Waals surface area contributed by atoms with E-state index < -0.39 is 11.7 Å². The maximum Gasteiger partial charge on any atom is 0.412 e. The van der Waals surface area contributed by atoms with Crippen LogP contribution < -0.4 is 5.32 Å². The molecular weight excluding hydrogens is 359 g/mol. The van der Waals surface area contributed by atoms with E-state index in [9.17, 15) is 14.0 Å². The minimum absolute atomic E-state index is 0.120. The van der Waals surface area contributed by atoms with Crippen LogP contribution >= 0.6 is 0 Å². The van der Waals surface area contributed by atoms with Crippen molar-refractivity contribution in [2.75, 3.05) is 5.32 Å². The van der Waals surface area contributed by atoms with Crippen LogP contribution in [-0.4, -0.2) is 28.5 Å². The second-order valence-corrected chi connectivity index (χ2v) is 7.96. The molecule has 0 aliphatic heterocycles. The van der Waals surface area contributed by atoms with Crippen molar-refractivity contribution in [1.82, 2.24) is 4.90 Å². The zero-order chi connectivity index (χ0) is 20.3. The first-order chi connectivity index (χ1) is 13.2. The van der Waals surface area contributed by atoms with E-state index in [1.807, 2.05) is 0 Å². The summed E-state index contributed by atoms with van der Waals surface area (Å²) < 4.78 is 19.3. The lowest BCUT2D eigenvalue weighted by Crippen LogP contribution is -2.33. The van der Waals surface area contributed by atoms with Gasteiger partial charge in [0.15, 0.2) is 0 Å². The monoisotopic (exact) mass is 384 g/mol. The minimum Gasteiger partial charge on any atom is -0.444 e. The molecule has 2 amide bonds. The normalized spacial score (nSPS) is 13.7. The van der Waals surface area contributed by atoms with E-state index in [4.69, 9.17) is 4.74 Å². The van der Waals surface area contributed by atoms with Gasteiger partial charge in [-0.25, -0.2) is 9.18 Å². The van der Waals surface area contributed by atoms with Gasteiger partial charge in [-0.15, -0.1) is 0 Å². The molecule has 28 heavy (non-hydrogen) atoms. The van der Waals surface area contributed by atoms with Crippen LogP contribution in [0, 0.1) is 5.82 Å². The highest BCUT2D eigenvalue weighted by molar-refractivity contribution is 5.96. The van der Waals surface area contributed by atoms with Crippen molar-refractivity contribution in [3.05, 3.63) is 65.5 Å². The van der Waals surface area contributed by atoms with Gasteiger partial charge in [0, 0.05) is 29.4 Å². The number of nitrogens with zero attached hydrogens (tertiary/aromatic N) is 1. The van der Waals surface area contributed by atoms with Gasteiger partial charge in [0.1, 0.15) is 11.4 Å². The highest BCUT2D eigenvalue weighted by Crippen LogP contribution is 2.30. The maximum absolute atomic E-state index is 14.0. The zero-order valence-corrected chi connectivity index (χ0v) is 16.4. The van der Waals surface area contributed by atoms with E-state index in [1.54, 1.807) is 68.1 Å². The highest BCUT2D eigenvalue weighted by Gasteiger charge is 2.33. The molecular formula is C22H25FN2O3. The van der Waals surface area contributed by atoms with Gasteiger partial charge >= 0.3 is 6.09 Å². The Morgan fingerprint density at radius 2 is 1.86 bits per heavy atom. The van der Waals surface area contributed by atoms with E-state index in [0.717, 1.165) is 12.8 Å². The summed E-state index contributed by atoms with van der Waals surface area (Å²) in [6, 6.07) is 13.3. The number of nitrogens with one attached hydrogen (secondary N) is 1. The molecule has 0 atom stereocenters. The summed E-state index contributed by atoms with van der Waals surface area (Å²) >= 11 is 0. The van der Waals surface area contributed by atoms with Crippen LogP contribution in [0.15, 0.2) is 48.5 Å². The molecule has 5 nitrogen and oxygen atoms in total. The van der Waals surface area contributed by atoms with Crippen molar-refractivity contribution in [1.29, 1.82) is 0 Å². The highest BCUT2D eigenvalue weighted by atomic mass is 19.1. The summed E-state index contributed by atoms with van der Waals surface area (Å²) in [7, 11) is 0. The third-order valence-electron chi connectivity index (χ3n) is 4.30. The van der Waals surface area contributed by atoms with Crippen molar-refractivity contribution in [3.63, 3.8) is 0 Å². The van der Waals surface area contributed by atoms with Gasteiger partial charge in [-0.3, -0.25) is 10.1 Å². The Hall–Kier alpha value is -2.89. The summed E-state index contributed by atoms with van der Waals surface area (Å²) in [5.41, 5.74) is 0.796. The summed E-state index contributed by atoms with van der Waals surface area (Å²) in [6.07, 6.45) is 1.24. The summed E-state index contributed by atoms with van der Waals surface area (Å²) in [5, 5.41) is 2.64. The molecule has 1 aliphatic carbocycles. The number of anilines is 1. The average Bonchev–Trinajstić information content (AvgIpc) is 3.44. The molecule has 148 valence electrons. The Morgan fingerprint density at radius 1 is 1.14 bits per heavy atom. The van der Waals surface area contributed by atoms with Crippen LogP contribution in [-0.2, 0) is 11.3 Å². The average molecular weight is 384 g/mol. The molecule has 1 aliphatic rings. The van der Waals surface area contributed by atoms with E-state index in [2.05, 4.69) is 5.32 Å². The molecule has 2 aromatic rings. The molecule has 0 bridgehead atoms. The number of hydrogen-bond donors (Lipinski definition) is 1. The molecule has 3 rings (SSSR count). The van der Waals surface area contributed by atoms with Gasteiger partial charge in [0.25, 0.3) is 5.91 Å². The Kier molecular flexibility index (Phi) is 5.68. The second kappa shape index (κ2) is 8.00. The molecule has 1 fully saturated rings. The third-order valence-corrected chi connectivity index (χ3v) is 4.30. The van der Waals surface area contributed by atoms with Crippen LogP contribution in [0.4, 0.5) is 14.9 Å². The van der Waals surface area contributed by atoms with Crippen molar-refractivity contribution in [3.8, 4) is 0 Å². The smallest absolute Gasteiger partial charge is 0.412 e. The van der Waals surface area contributed by atoms with E-state index in [-0.39, 0.29) is 24.3 Å². The number of halogens is 1. The molecule has 0 radical (unpaired) electrons. The molecule has 0 spiro atoms. The zero-order valence-electron chi connectivity index (χ0n) is 16.4. The lowest BCUT2D eigenvalue weighted by molar-refractivity contribution is 0.0634. The van der Waals surface area contributed by atoms with Gasteiger partial charge in [-0.1, -0.05) is 24.3 Å². The van der Waals surface area contributed by atoms with Gasteiger partial charge in [0.05, 0.1) is 0 Å². The lowest BCUT2D eigenvalue weighted by Gasteiger charge is -2.23. The first kappa shape index (κ1) is 19.9. The third kappa shape index (κ3) is 5.31. The first-order valence-corrected chi connectivity index (χ1v) is 9.37. The van der Waals surface area contributed by atoms with Crippen molar-refractivity contribution < 1.29 is 18.7 Å². The second-order valence-electron chi connectivity index (χ2n) is 7.96. The van der Waals surface area contributed by atoms with E-state index in [0.29, 0.717) is 16.8 Å². The van der Waals surface area contributed by atoms with Gasteiger partial charge < -0.3 is 9.64 Å². The lowest BCUT2D eigenvalue weighted by atomic mass is 10.1. The SMILES string of the molecule is CC(C)(C)OC(=O)Nc1cccc(C(=O)N(Cc2ccccc2F)C2CC2)c1. The fourth-order valence-corrected chi connectivity index (χ4v) is 2.88. The standard InChI is InChI=1S/C22H25FN2O3/c1-22(2,3)28-21(27)24-17-9-6-8-15(13-17)20(26)25(18-11-12-18)14-16-7-4-5-10-19(16)23/h4-10,13,18H,11-12,14H2,1-3H3,(H,24,27). The quantitative estimate of drug-likeness (QED) is 0.791. The predicted octanol–water partition coefficient (Wildman–Crippen LogP) is 4.98. The van der Waals surface area contributed by atoms with Crippen LogP contribution in [0.5, 0.6) is 0 Å². The molecule has 1 saturated carbocycles. The van der Waals surface area contributed by atoms with Crippen LogP contribution in [0.3, 0.4) is 0 Å².